The summed E-state index contributed by atoms with van der Waals surface area (Å²) in [6.45, 7) is 19.6. The minimum atomic E-state index is -1.36. The third-order valence-corrected chi connectivity index (χ3v) is 8.34. The van der Waals surface area contributed by atoms with Gasteiger partial charge in [0.05, 0.1) is 16.2 Å². The first-order chi connectivity index (χ1) is 18.2. The summed E-state index contributed by atoms with van der Waals surface area (Å²) >= 11 is 0. The van der Waals surface area contributed by atoms with Crippen molar-refractivity contribution in [2.75, 3.05) is 0 Å². The van der Waals surface area contributed by atoms with Crippen LogP contribution in [0.4, 0.5) is 0 Å². The van der Waals surface area contributed by atoms with Crippen molar-refractivity contribution in [3.05, 3.63) is 23.8 Å². The molecule has 0 spiro atoms. The lowest BCUT2D eigenvalue weighted by molar-refractivity contribution is -0.162. The van der Waals surface area contributed by atoms with Crippen LogP contribution in [0.1, 0.15) is 107 Å². The molecule has 226 valence electrons. The molecule has 9 nitrogen and oxygen atoms in total. The second kappa shape index (κ2) is 13.6. The van der Waals surface area contributed by atoms with Crippen molar-refractivity contribution in [3.63, 3.8) is 0 Å². The first kappa shape index (κ1) is 35.1. The van der Waals surface area contributed by atoms with Crippen molar-refractivity contribution >= 4 is 23.9 Å². The Labute approximate surface area is 239 Å². The maximum atomic E-state index is 13.0. The van der Waals surface area contributed by atoms with Crippen LogP contribution in [0, 0.1) is 22.2 Å². The highest BCUT2D eigenvalue weighted by molar-refractivity contribution is 5.82. The average Bonchev–Trinajstić information content (AvgIpc) is 2.89. The van der Waals surface area contributed by atoms with E-state index < -0.39 is 64.1 Å². The van der Waals surface area contributed by atoms with Crippen molar-refractivity contribution in [1.29, 1.82) is 0 Å². The largest absolute Gasteiger partial charge is 0.480 e. The second-order valence-corrected chi connectivity index (χ2v) is 12.6. The van der Waals surface area contributed by atoms with Crippen LogP contribution in [-0.2, 0) is 23.9 Å². The predicted molar refractivity (Wildman–Crippen MR) is 153 cm³/mol. The van der Waals surface area contributed by atoms with Crippen LogP contribution >= 0.6 is 0 Å². The number of rotatable bonds is 14. The number of carboxylic acids is 1. The Morgan fingerprint density at radius 2 is 1.20 bits per heavy atom. The van der Waals surface area contributed by atoms with E-state index in [4.69, 9.17) is 19.9 Å². The maximum Gasteiger partial charge on any atom is 0.321 e. The molecule has 0 aliphatic rings. The summed E-state index contributed by atoms with van der Waals surface area (Å²) < 4.78 is 17.2. The van der Waals surface area contributed by atoms with Crippen LogP contribution in [0.15, 0.2) is 18.2 Å². The number of hydrogen-bond donors (Lipinski definition) is 2. The molecule has 0 aliphatic carbocycles. The molecule has 3 unspecified atom stereocenters. The van der Waals surface area contributed by atoms with E-state index in [0.29, 0.717) is 24.8 Å². The highest BCUT2D eigenvalue weighted by Gasteiger charge is 2.38. The standard InChI is InChI=1S/C31H49NO8/c1-12-29(6,7)26(35)38-19(5)18(4)23(24(32)25(33)34)20-15-16-21(39-27(36)30(8,9)13-2)22(17-20)40-28(37)31(10,11)14-3/h15-19,23-24H,12-14,32H2,1-11H3,(H,33,34)/t18?,19?,23?,24-/m0/s1. The average molecular weight is 564 g/mol. The molecule has 0 fully saturated rings. The number of esters is 3. The van der Waals surface area contributed by atoms with E-state index in [1.54, 1.807) is 61.5 Å². The smallest absolute Gasteiger partial charge is 0.321 e. The summed E-state index contributed by atoms with van der Waals surface area (Å²) in [7, 11) is 0. The topological polar surface area (TPSA) is 142 Å². The summed E-state index contributed by atoms with van der Waals surface area (Å²) in [6, 6.07) is 3.20. The van der Waals surface area contributed by atoms with Crippen LogP contribution in [-0.4, -0.2) is 41.1 Å². The van der Waals surface area contributed by atoms with Crippen LogP contribution in [0.5, 0.6) is 11.5 Å². The second-order valence-electron chi connectivity index (χ2n) is 12.6. The third-order valence-electron chi connectivity index (χ3n) is 8.34. The molecule has 4 atom stereocenters. The van der Waals surface area contributed by atoms with Gasteiger partial charge in [-0.15, -0.1) is 0 Å². The molecule has 3 N–H and O–H groups in total. The molecule has 9 heteroatoms. The molecule has 0 saturated heterocycles. The van der Waals surface area contributed by atoms with E-state index in [1.807, 2.05) is 20.8 Å². The molecule has 0 aliphatic heterocycles. The lowest BCUT2D eigenvalue weighted by Gasteiger charge is -2.33. The van der Waals surface area contributed by atoms with Gasteiger partial charge < -0.3 is 25.1 Å². The number of carboxylic acid groups (broad SMARTS) is 1. The molecule has 1 aromatic rings. The number of carbonyl (C=O) groups excluding carboxylic acids is 3. The molecule has 0 saturated carbocycles. The molecule has 0 heterocycles. The van der Waals surface area contributed by atoms with Crippen LogP contribution in [0.25, 0.3) is 0 Å². The van der Waals surface area contributed by atoms with Crippen molar-refractivity contribution in [2.45, 2.75) is 113 Å². The van der Waals surface area contributed by atoms with E-state index in [2.05, 4.69) is 0 Å². The fourth-order valence-corrected chi connectivity index (χ4v) is 3.52. The molecule has 0 aromatic heterocycles. The highest BCUT2D eigenvalue weighted by atomic mass is 16.6. The monoisotopic (exact) mass is 563 g/mol. The summed E-state index contributed by atoms with van der Waals surface area (Å²) in [4.78, 5) is 50.7. The summed E-state index contributed by atoms with van der Waals surface area (Å²) in [5, 5.41) is 9.85. The summed E-state index contributed by atoms with van der Waals surface area (Å²) in [5.41, 5.74) is 4.31. The zero-order chi connectivity index (χ0) is 31.2. The lowest BCUT2D eigenvalue weighted by Crippen LogP contribution is -2.43. The van der Waals surface area contributed by atoms with Gasteiger partial charge in [0.15, 0.2) is 11.5 Å². The van der Waals surface area contributed by atoms with Crippen molar-refractivity contribution < 1.29 is 38.5 Å². The lowest BCUT2D eigenvalue weighted by atomic mass is 9.79. The zero-order valence-corrected chi connectivity index (χ0v) is 26.0. The molecule has 0 bridgehead atoms. The van der Waals surface area contributed by atoms with E-state index in [0.717, 1.165) is 0 Å². The van der Waals surface area contributed by atoms with Crippen LogP contribution in [0.2, 0.25) is 0 Å². The Morgan fingerprint density at radius 3 is 1.62 bits per heavy atom. The molecule has 40 heavy (non-hydrogen) atoms. The van der Waals surface area contributed by atoms with Gasteiger partial charge in [-0.2, -0.15) is 0 Å². The van der Waals surface area contributed by atoms with Gasteiger partial charge in [-0.05, 0) is 85.4 Å². The number of benzene rings is 1. The minimum absolute atomic E-state index is 0.0177. The first-order valence-corrected chi connectivity index (χ1v) is 14.0. The Morgan fingerprint density at radius 1 is 0.775 bits per heavy atom. The number of nitrogens with two attached hydrogens (primary N) is 1. The number of ether oxygens (including phenoxy) is 3. The molecular weight excluding hydrogens is 514 g/mol. The Kier molecular flexibility index (Phi) is 11.9. The fourth-order valence-electron chi connectivity index (χ4n) is 3.52. The summed E-state index contributed by atoms with van der Waals surface area (Å²) in [5.74, 6) is -4.02. The number of aliphatic carboxylic acids is 1. The molecule has 0 amide bonds. The molecule has 0 radical (unpaired) electrons. The SMILES string of the molecule is CCC(C)(C)C(=O)Oc1ccc(C(C(C)C(C)OC(=O)C(C)(C)CC)[C@H](N)C(=O)O)cc1OC(=O)C(C)(C)CC. The van der Waals surface area contributed by atoms with E-state index >= 15 is 0 Å². The normalized spacial score (nSPS) is 15.4. The first-order valence-electron chi connectivity index (χ1n) is 14.0. The molecular formula is C31H49NO8. The zero-order valence-electron chi connectivity index (χ0n) is 26.0. The fraction of sp³-hybridized carbons (Fsp3) is 0.677. The van der Waals surface area contributed by atoms with Gasteiger partial charge in [0, 0.05) is 11.8 Å². The van der Waals surface area contributed by atoms with Crippen molar-refractivity contribution in [1.82, 2.24) is 0 Å². The number of carbonyl (C=O) groups is 4. The summed E-state index contributed by atoms with van der Waals surface area (Å²) in [6.07, 6.45) is 0.925. The van der Waals surface area contributed by atoms with Gasteiger partial charge >= 0.3 is 23.9 Å². The van der Waals surface area contributed by atoms with Gasteiger partial charge in [0.1, 0.15) is 12.1 Å². The van der Waals surface area contributed by atoms with Gasteiger partial charge in [-0.25, -0.2) is 0 Å². The maximum absolute atomic E-state index is 13.0. The number of hydrogen-bond acceptors (Lipinski definition) is 8. The van der Waals surface area contributed by atoms with E-state index in [1.165, 1.54) is 12.1 Å². The van der Waals surface area contributed by atoms with Gasteiger partial charge in [0.25, 0.3) is 0 Å². The highest BCUT2D eigenvalue weighted by Crippen LogP contribution is 2.39. The van der Waals surface area contributed by atoms with Gasteiger partial charge in [-0.1, -0.05) is 33.8 Å². The predicted octanol–water partition coefficient (Wildman–Crippen LogP) is 5.87. The Hall–Kier alpha value is -2.94. The van der Waals surface area contributed by atoms with Gasteiger partial charge in [-0.3, -0.25) is 19.2 Å². The molecule has 1 rings (SSSR count). The third kappa shape index (κ3) is 8.53. The van der Waals surface area contributed by atoms with Crippen molar-refractivity contribution in [2.24, 2.45) is 27.9 Å². The van der Waals surface area contributed by atoms with Gasteiger partial charge in [0.2, 0.25) is 0 Å². The van der Waals surface area contributed by atoms with E-state index in [9.17, 15) is 24.3 Å². The van der Waals surface area contributed by atoms with Crippen molar-refractivity contribution in [3.8, 4) is 11.5 Å². The quantitative estimate of drug-likeness (QED) is 0.210. The van der Waals surface area contributed by atoms with Crippen LogP contribution in [0.3, 0.4) is 0 Å². The Balaban J connectivity index is 3.63. The molecule has 1 aromatic carbocycles. The van der Waals surface area contributed by atoms with Crippen LogP contribution < -0.4 is 15.2 Å². The minimum Gasteiger partial charge on any atom is -0.480 e. The van der Waals surface area contributed by atoms with E-state index in [-0.39, 0.29) is 11.5 Å². The Bertz CT molecular complexity index is 1080.